The second-order valence-corrected chi connectivity index (χ2v) is 9.92. The van der Waals surface area contributed by atoms with Crippen molar-refractivity contribution >= 4 is 17.4 Å². The van der Waals surface area contributed by atoms with E-state index in [1.165, 1.54) is 5.56 Å². The lowest BCUT2D eigenvalue weighted by Crippen LogP contribution is -2.31. The number of rotatable bonds is 7. The van der Waals surface area contributed by atoms with Crippen molar-refractivity contribution in [2.24, 2.45) is 0 Å². The second-order valence-electron chi connectivity index (χ2n) is 9.92. The van der Waals surface area contributed by atoms with Crippen molar-refractivity contribution in [3.63, 3.8) is 0 Å². The highest BCUT2D eigenvalue weighted by atomic mass is 16.5. The number of imidazole rings is 1. The minimum Gasteiger partial charge on any atom is -0.507 e. The van der Waals surface area contributed by atoms with E-state index in [0.29, 0.717) is 31.0 Å². The average Bonchev–Trinajstić information content (AvgIpc) is 3.57. The number of carbonyl (C=O) groups excluding carboxylic acids is 2. The van der Waals surface area contributed by atoms with E-state index in [4.69, 9.17) is 4.74 Å². The molecular weight excluding hydrogens is 454 g/mol. The molecule has 1 fully saturated rings. The first-order chi connectivity index (χ1) is 17.3. The van der Waals surface area contributed by atoms with Gasteiger partial charge in [-0.3, -0.25) is 9.59 Å². The molecular formula is C29H31N3O4. The number of aromatic nitrogens is 2. The minimum atomic E-state index is -0.655. The van der Waals surface area contributed by atoms with Crippen LogP contribution in [-0.4, -0.2) is 43.9 Å². The number of ether oxygens (including phenoxy) is 1. The number of hydrogen-bond donors (Lipinski definition) is 1. The Morgan fingerprint density at radius 1 is 1.14 bits per heavy atom. The van der Waals surface area contributed by atoms with Crippen LogP contribution in [0.15, 0.2) is 66.8 Å². The first-order valence-electron chi connectivity index (χ1n) is 12.5. The third kappa shape index (κ3) is 4.41. The van der Waals surface area contributed by atoms with Gasteiger partial charge >= 0.3 is 0 Å². The van der Waals surface area contributed by atoms with Crippen molar-refractivity contribution in [1.29, 1.82) is 0 Å². The van der Waals surface area contributed by atoms with Gasteiger partial charge in [0.1, 0.15) is 17.6 Å². The minimum absolute atomic E-state index is 0.0675. The molecule has 7 nitrogen and oxygen atoms in total. The number of ketones is 1. The van der Waals surface area contributed by atoms with Crippen molar-refractivity contribution in [3.05, 3.63) is 89.0 Å². The van der Waals surface area contributed by atoms with Gasteiger partial charge in [-0.15, -0.1) is 0 Å². The monoisotopic (exact) mass is 485 g/mol. The number of benzene rings is 2. The van der Waals surface area contributed by atoms with E-state index in [2.05, 4.69) is 18.8 Å². The summed E-state index contributed by atoms with van der Waals surface area (Å²) in [5.74, 6) is -0.237. The van der Waals surface area contributed by atoms with E-state index in [1.807, 2.05) is 54.1 Å². The molecule has 0 spiro atoms. The first-order valence-corrected chi connectivity index (χ1v) is 12.5. The Morgan fingerprint density at radius 2 is 1.92 bits per heavy atom. The van der Waals surface area contributed by atoms with E-state index < -0.39 is 17.7 Å². The molecule has 1 aromatic heterocycles. The smallest absolute Gasteiger partial charge is 0.295 e. The topological polar surface area (TPSA) is 84.7 Å². The lowest BCUT2D eigenvalue weighted by atomic mass is 9.92. The van der Waals surface area contributed by atoms with Crippen LogP contribution in [0.1, 0.15) is 61.4 Å². The molecule has 5 rings (SSSR count). The zero-order chi connectivity index (χ0) is 25.4. The molecule has 2 aliphatic heterocycles. The van der Waals surface area contributed by atoms with Gasteiger partial charge in [0.15, 0.2) is 0 Å². The van der Waals surface area contributed by atoms with E-state index in [0.717, 1.165) is 23.3 Å². The first kappa shape index (κ1) is 23.9. The molecule has 0 aliphatic carbocycles. The summed E-state index contributed by atoms with van der Waals surface area (Å²) in [6.07, 6.45) is 6.77. The molecule has 1 N–H and O–H groups in total. The zero-order valence-corrected chi connectivity index (χ0v) is 20.8. The summed E-state index contributed by atoms with van der Waals surface area (Å²) in [5, 5.41) is 11.4. The lowest BCUT2D eigenvalue weighted by Gasteiger charge is -2.26. The Balaban J connectivity index is 1.53. The molecule has 7 heteroatoms. The Hall–Kier alpha value is -3.87. The Morgan fingerprint density at radius 3 is 2.61 bits per heavy atom. The molecule has 0 saturated carbocycles. The Kier molecular flexibility index (Phi) is 6.39. The van der Waals surface area contributed by atoms with Crippen LogP contribution in [0, 0.1) is 0 Å². The number of fused-ring (bicyclic) bond motifs is 1. The fourth-order valence-electron chi connectivity index (χ4n) is 5.09. The molecule has 1 saturated heterocycles. The second kappa shape index (κ2) is 9.64. The maximum Gasteiger partial charge on any atom is 0.295 e. The standard InChI is InChI=1S/C29H31N3O4/c1-18(2)20-5-7-21(8-6-20)26-25(27(33)22-9-10-24-23(16-22)15-19(3)36-24)28(34)29(35)32(26)13-4-12-31-14-11-30-17-31/h5-11,14,16-19,26,33H,4,12-13,15H2,1-3H3/t19-,26-/m1/s1. The molecule has 2 atom stereocenters. The van der Waals surface area contributed by atoms with Crippen LogP contribution in [0.3, 0.4) is 0 Å². The van der Waals surface area contributed by atoms with Crippen LogP contribution < -0.4 is 4.74 Å². The van der Waals surface area contributed by atoms with Gasteiger partial charge in [-0.25, -0.2) is 4.98 Å². The van der Waals surface area contributed by atoms with E-state index >= 15 is 0 Å². The number of aryl methyl sites for hydroxylation is 1. The summed E-state index contributed by atoms with van der Waals surface area (Å²) in [6, 6.07) is 12.7. The molecule has 36 heavy (non-hydrogen) atoms. The summed E-state index contributed by atoms with van der Waals surface area (Å²) in [5.41, 5.74) is 3.61. The van der Waals surface area contributed by atoms with Crippen LogP contribution >= 0.6 is 0 Å². The summed E-state index contributed by atoms with van der Waals surface area (Å²) in [4.78, 5) is 32.2. The summed E-state index contributed by atoms with van der Waals surface area (Å²) < 4.78 is 7.73. The highest BCUT2D eigenvalue weighted by Gasteiger charge is 2.45. The Labute approximate surface area is 211 Å². The fraction of sp³-hybridized carbons (Fsp3) is 0.345. The van der Waals surface area contributed by atoms with Crippen LogP contribution in [0.5, 0.6) is 5.75 Å². The molecule has 186 valence electrons. The maximum absolute atomic E-state index is 13.3. The summed E-state index contributed by atoms with van der Waals surface area (Å²) >= 11 is 0. The lowest BCUT2D eigenvalue weighted by molar-refractivity contribution is -0.139. The van der Waals surface area contributed by atoms with Crippen molar-refractivity contribution < 1.29 is 19.4 Å². The quantitative estimate of drug-likeness (QED) is 0.294. The molecule has 3 aromatic rings. The number of aliphatic hydroxyl groups excluding tert-OH is 1. The van der Waals surface area contributed by atoms with Crippen LogP contribution in [0.25, 0.3) is 5.76 Å². The predicted octanol–water partition coefficient (Wildman–Crippen LogP) is 4.84. The van der Waals surface area contributed by atoms with Crippen molar-refractivity contribution in [3.8, 4) is 5.75 Å². The van der Waals surface area contributed by atoms with Crippen molar-refractivity contribution in [2.75, 3.05) is 6.54 Å². The van der Waals surface area contributed by atoms with Gasteiger partial charge in [0.2, 0.25) is 0 Å². The molecule has 0 radical (unpaired) electrons. The highest BCUT2D eigenvalue weighted by Crippen LogP contribution is 2.41. The van der Waals surface area contributed by atoms with Gasteiger partial charge in [0.05, 0.1) is 17.9 Å². The highest BCUT2D eigenvalue weighted by molar-refractivity contribution is 6.46. The third-order valence-corrected chi connectivity index (χ3v) is 7.00. The van der Waals surface area contributed by atoms with E-state index in [-0.39, 0.29) is 17.4 Å². The number of Topliss-reactive ketones (excluding diaryl/α,β-unsaturated/α-hetero) is 1. The maximum atomic E-state index is 13.3. The van der Waals surface area contributed by atoms with Gasteiger partial charge < -0.3 is 19.3 Å². The SMILES string of the molecule is CC(C)c1ccc([C@@H]2C(=C(O)c3ccc4c(c3)C[C@@H](C)O4)C(=O)C(=O)N2CCCn2ccnc2)cc1. The number of nitrogens with zero attached hydrogens (tertiary/aromatic N) is 3. The molecule has 1 amide bonds. The number of likely N-dealkylation sites (tertiary alicyclic amines) is 1. The Bertz CT molecular complexity index is 1310. The van der Waals surface area contributed by atoms with E-state index in [1.54, 1.807) is 23.5 Å². The van der Waals surface area contributed by atoms with Gasteiger partial charge in [-0.05, 0) is 54.2 Å². The zero-order valence-electron chi connectivity index (χ0n) is 20.8. The summed E-state index contributed by atoms with van der Waals surface area (Å²) in [7, 11) is 0. The fourth-order valence-corrected chi connectivity index (χ4v) is 5.09. The number of carbonyl (C=O) groups is 2. The molecule has 0 bridgehead atoms. The predicted molar refractivity (Wildman–Crippen MR) is 137 cm³/mol. The van der Waals surface area contributed by atoms with Crippen molar-refractivity contribution in [2.45, 2.75) is 58.2 Å². The largest absolute Gasteiger partial charge is 0.507 e. The summed E-state index contributed by atoms with van der Waals surface area (Å²) in [6.45, 7) is 7.29. The van der Waals surface area contributed by atoms with Gasteiger partial charge in [0, 0.05) is 37.5 Å². The number of aliphatic hydroxyl groups is 1. The van der Waals surface area contributed by atoms with Gasteiger partial charge in [-0.1, -0.05) is 38.1 Å². The van der Waals surface area contributed by atoms with Crippen molar-refractivity contribution in [1.82, 2.24) is 14.5 Å². The van der Waals surface area contributed by atoms with Gasteiger partial charge in [0.25, 0.3) is 11.7 Å². The van der Waals surface area contributed by atoms with E-state index in [9.17, 15) is 14.7 Å². The number of amides is 1. The molecule has 0 unspecified atom stereocenters. The molecule has 2 aliphatic rings. The average molecular weight is 486 g/mol. The molecule has 3 heterocycles. The van der Waals surface area contributed by atoms with Crippen LogP contribution in [0.2, 0.25) is 0 Å². The van der Waals surface area contributed by atoms with Crippen LogP contribution in [-0.2, 0) is 22.6 Å². The van der Waals surface area contributed by atoms with Crippen LogP contribution in [0.4, 0.5) is 0 Å². The molecule has 2 aromatic carbocycles. The van der Waals surface area contributed by atoms with Gasteiger partial charge in [-0.2, -0.15) is 0 Å². The number of hydrogen-bond acceptors (Lipinski definition) is 5. The normalized spacial score (nSPS) is 20.7. The third-order valence-electron chi connectivity index (χ3n) is 7.00.